The minimum absolute atomic E-state index is 0.664. The molecular weight excluding hydrogens is 761 g/mol. The number of para-hydroxylation sites is 2. The summed E-state index contributed by atoms with van der Waals surface area (Å²) >= 11 is 1.74. The van der Waals surface area contributed by atoms with Gasteiger partial charge in [0.05, 0.1) is 27.8 Å². The molecule has 0 saturated heterocycles. The van der Waals surface area contributed by atoms with Crippen LogP contribution < -0.4 is 0 Å². The molecule has 0 fully saturated rings. The van der Waals surface area contributed by atoms with E-state index in [0.717, 1.165) is 49.2 Å². The summed E-state index contributed by atoms with van der Waals surface area (Å²) in [6.45, 7) is 0. The number of benzene rings is 10. The molecule has 14 rings (SSSR count). The Morgan fingerprint density at radius 1 is 0.328 bits per heavy atom. The molecule has 4 heterocycles. The maximum Gasteiger partial charge on any atom is 0.236 e. The van der Waals surface area contributed by atoms with Crippen molar-refractivity contribution < 1.29 is 0 Å². The number of fused-ring (bicyclic) bond motifs is 18. The second-order valence-electron chi connectivity index (χ2n) is 16.0. The third-order valence-electron chi connectivity index (χ3n) is 12.9. The number of rotatable bonds is 3. The molecule has 4 aromatic heterocycles. The second-order valence-corrected chi connectivity index (χ2v) is 17.1. The van der Waals surface area contributed by atoms with E-state index in [1.807, 2.05) is 0 Å². The lowest BCUT2D eigenvalue weighted by molar-refractivity contribution is 1.02. The van der Waals surface area contributed by atoms with Crippen LogP contribution in [0.3, 0.4) is 0 Å². The largest absolute Gasteiger partial charge is 0.309 e. The molecule has 10 aromatic carbocycles. The molecule has 0 unspecified atom stereocenters. The van der Waals surface area contributed by atoms with Crippen LogP contribution in [0.2, 0.25) is 0 Å². The van der Waals surface area contributed by atoms with Gasteiger partial charge in [-0.2, -0.15) is 0 Å². The lowest BCUT2D eigenvalue weighted by Crippen LogP contribution is -2.03. The van der Waals surface area contributed by atoms with Gasteiger partial charge in [-0.15, -0.1) is 11.3 Å². The van der Waals surface area contributed by atoms with E-state index in [4.69, 9.17) is 9.97 Å². The van der Waals surface area contributed by atoms with E-state index in [-0.39, 0.29) is 0 Å². The van der Waals surface area contributed by atoms with E-state index in [2.05, 4.69) is 203 Å². The molecule has 0 aliphatic rings. The van der Waals surface area contributed by atoms with Gasteiger partial charge in [0.25, 0.3) is 0 Å². The lowest BCUT2D eigenvalue weighted by atomic mass is 9.91. The van der Waals surface area contributed by atoms with Gasteiger partial charge >= 0.3 is 0 Å². The fourth-order valence-corrected chi connectivity index (χ4v) is 11.5. The maximum absolute atomic E-state index is 5.80. The fourth-order valence-electron chi connectivity index (χ4n) is 10.5. The maximum atomic E-state index is 5.80. The summed E-state index contributed by atoms with van der Waals surface area (Å²) in [4.78, 5) is 12.3. The van der Waals surface area contributed by atoms with Gasteiger partial charge in [-0.25, -0.2) is 9.97 Å². The van der Waals surface area contributed by atoms with Crippen molar-refractivity contribution >= 4 is 118 Å². The summed E-state index contributed by atoms with van der Waals surface area (Å²) in [5.74, 6) is 0.664. The molecule has 0 amide bonds. The highest BCUT2D eigenvalue weighted by molar-refractivity contribution is 7.25. The average Bonchev–Trinajstić information content (AvgIpc) is 3.99. The minimum Gasteiger partial charge on any atom is -0.309 e. The Hall–Kier alpha value is -7.86. The third kappa shape index (κ3) is 4.48. The van der Waals surface area contributed by atoms with Crippen LogP contribution in [0.25, 0.3) is 130 Å². The van der Waals surface area contributed by atoms with Crippen LogP contribution >= 0.6 is 11.3 Å². The van der Waals surface area contributed by atoms with E-state index in [1.165, 1.54) is 74.7 Å². The molecule has 0 bridgehead atoms. The van der Waals surface area contributed by atoms with Crippen molar-refractivity contribution in [3.8, 4) is 22.9 Å². The number of aromatic nitrogens is 4. The molecule has 5 heteroatoms. The Morgan fingerprint density at radius 2 is 0.918 bits per heavy atom. The topological polar surface area (TPSA) is 35.6 Å². The summed E-state index contributed by atoms with van der Waals surface area (Å²) in [5, 5.41) is 17.0. The highest BCUT2D eigenvalue weighted by atomic mass is 32.1. The molecular formula is C56H32N4S. The highest BCUT2D eigenvalue weighted by Crippen LogP contribution is 2.47. The van der Waals surface area contributed by atoms with Gasteiger partial charge in [-0.1, -0.05) is 152 Å². The number of nitrogens with zero attached hydrogens (tertiary/aromatic N) is 4. The SMILES string of the molecule is c1ccc(-n2c3ccccc3c3c(-c4nc(-n5c6ccc7ccccc7c6c6c7c8ccccc8c8ccccc8c7ccc65)nc5sc6ccccc6c45)cccc32)cc1. The zero-order chi connectivity index (χ0) is 39.8. The highest BCUT2D eigenvalue weighted by Gasteiger charge is 2.25. The Balaban J connectivity index is 1.17. The molecule has 0 aliphatic carbocycles. The van der Waals surface area contributed by atoms with Crippen LogP contribution in [0.15, 0.2) is 194 Å². The van der Waals surface area contributed by atoms with E-state index >= 15 is 0 Å². The molecule has 0 atom stereocenters. The zero-order valence-electron chi connectivity index (χ0n) is 32.7. The first-order chi connectivity index (χ1) is 30.3. The Kier molecular flexibility index (Phi) is 6.68. The van der Waals surface area contributed by atoms with Gasteiger partial charge in [-0.3, -0.25) is 4.57 Å². The molecule has 14 aromatic rings. The summed E-state index contributed by atoms with van der Waals surface area (Å²) < 4.78 is 5.92. The van der Waals surface area contributed by atoms with Gasteiger partial charge in [0.1, 0.15) is 4.83 Å². The standard InChI is InChI=1S/C56H32N4S/c1-2-16-34(17-3-1)59-44-26-12-10-23-41(44)49-43(25-14-27-45(49)59)54-52-42-24-11-13-28-48(42)61-55(52)58-56(57-54)60-46-31-29-33-15-4-5-18-35(33)51(46)53-47(60)32-30-40-38-21-7-6-19-36(38)37-20-8-9-22-39(37)50(40)53/h1-32H. The van der Waals surface area contributed by atoms with Crippen molar-refractivity contribution in [2.45, 2.75) is 0 Å². The van der Waals surface area contributed by atoms with E-state index in [9.17, 15) is 0 Å². The predicted molar refractivity (Wildman–Crippen MR) is 259 cm³/mol. The normalized spacial score (nSPS) is 12.3. The second kappa shape index (κ2) is 12.3. The smallest absolute Gasteiger partial charge is 0.236 e. The first-order valence-electron chi connectivity index (χ1n) is 20.8. The molecule has 61 heavy (non-hydrogen) atoms. The molecule has 282 valence electrons. The fraction of sp³-hybridized carbons (Fsp3) is 0. The number of hydrogen-bond acceptors (Lipinski definition) is 3. The van der Waals surface area contributed by atoms with Gasteiger partial charge in [0.15, 0.2) is 0 Å². The van der Waals surface area contributed by atoms with Crippen LogP contribution in [0.1, 0.15) is 0 Å². The van der Waals surface area contributed by atoms with Gasteiger partial charge in [0, 0.05) is 53.7 Å². The molecule has 0 spiro atoms. The third-order valence-corrected chi connectivity index (χ3v) is 14.0. The molecule has 0 saturated carbocycles. The van der Waals surface area contributed by atoms with E-state index in [1.54, 1.807) is 11.3 Å². The van der Waals surface area contributed by atoms with Crippen LogP contribution in [0.4, 0.5) is 0 Å². The van der Waals surface area contributed by atoms with Crippen molar-refractivity contribution in [3.63, 3.8) is 0 Å². The van der Waals surface area contributed by atoms with Crippen molar-refractivity contribution in [1.82, 2.24) is 19.1 Å². The first kappa shape index (κ1) is 33.0. The average molecular weight is 793 g/mol. The van der Waals surface area contributed by atoms with Gasteiger partial charge in [0.2, 0.25) is 5.95 Å². The van der Waals surface area contributed by atoms with E-state index in [0.29, 0.717) is 5.95 Å². The molecule has 4 nitrogen and oxygen atoms in total. The summed E-state index contributed by atoms with van der Waals surface area (Å²) in [5.41, 5.74) is 7.64. The lowest BCUT2D eigenvalue weighted by Gasteiger charge is -2.13. The summed E-state index contributed by atoms with van der Waals surface area (Å²) in [6.07, 6.45) is 0. The van der Waals surface area contributed by atoms with Crippen LogP contribution in [0, 0.1) is 0 Å². The summed E-state index contributed by atoms with van der Waals surface area (Å²) in [6, 6.07) is 70.5. The van der Waals surface area contributed by atoms with Crippen molar-refractivity contribution in [2.75, 3.05) is 0 Å². The Bertz CT molecular complexity index is 4140. The van der Waals surface area contributed by atoms with Gasteiger partial charge in [-0.05, 0) is 80.2 Å². The van der Waals surface area contributed by atoms with Crippen LogP contribution in [-0.2, 0) is 0 Å². The van der Waals surface area contributed by atoms with Crippen LogP contribution in [-0.4, -0.2) is 19.1 Å². The number of hydrogen-bond donors (Lipinski definition) is 0. The zero-order valence-corrected chi connectivity index (χ0v) is 33.5. The van der Waals surface area contributed by atoms with Crippen LogP contribution in [0.5, 0.6) is 0 Å². The first-order valence-corrected chi connectivity index (χ1v) is 21.6. The molecule has 0 N–H and O–H groups in total. The predicted octanol–water partition coefficient (Wildman–Crippen LogP) is 15.3. The van der Waals surface area contributed by atoms with Crippen molar-refractivity contribution in [2.24, 2.45) is 0 Å². The quantitative estimate of drug-likeness (QED) is 0.167. The Morgan fingerprint density at radius 3 is 1.74 bits per heavy atom. The minimum atomic E-state index is 0.664. The van der Waals surface area contributed by atoms with Crippen molar-refractivity contribution in [3.05, 3.63) is 194 Å². The molecule has 0 radical (unpaired) electrons. The Labute approximate surface area is 352 Å². The van der Waals surface area contributed by atoms with E-state index < -0.39 is 0 Å². The van der Waals surface area contributed by atoms with Gasteiger partial charge < -0.3 is 4.57 Å². The monoisotopic (exact) mass is 792 g/mol. The summed E-state index contributed by atoms with van der Waals surface area (Å²) in [7, 11) is 0. The van der Waals surface area contributed by atoms with Crippen molar-refractivity contribution in [1.29, 1.82) is 0 Å². The molecule has 0 aliphatic heterocycles. The number of thiophene rings is 1.